The molecule has 2 nitrogen and oxygen atoms in total. The van der Waals surface area contributed by atoms with Crippen molar-refractivity contribution in [3.05, 3.63) is 0 Å². The Morgan fingerprint density at radius 2 is 1.30 bits per heavy atom. The van der Waals surface area contributed by atoms with Gasteiger partial charge in [-0.25, -0.2) is 5.11 Å². The maximum absolute atomic E-state index is 9.98. The van der Waals surface area contributed by atoms with Crippen molar-refractivity contribution in [2.45, 2.75) is 38.5 Å². The van der Waals surface area contributed by atoms with Crippen LogP contribution in [0.5, 0.6) is 0 Å². The van der Waals surface area contributed by atoms with Gasteiger partial charge in [-0.05, 0) is 12.8 Å². The van der Waals surface area contributed by atoms with Crippen LogP contribution < -0.4 is 0 Å². The topological polar surface area (TPSA) is 40.1 Å². The van der Waals surface area contributed by atoms with Crippen molar-refractivity contribution >= 4 is 0 Å². The van der Waals surface area contributed by atoms with E-state index < -0.39 is 0 Å². The average Bonchev–Trinajstić information content (AvgIpc) is 1.97. The summed E-state index contributed by atoms with van der Waals surface area (Å²) in [6, 6.07) is 0. The minimum Gasteiger partial charge on any atom is -0.396 e. The van der Waals surface area contributed by atoms with Crippen LogP contribution in [0.2, 0.25) is 0 Å². The number of rotatable bonds is 7. The molecule has 0 aliphatic heterocycles. The van der Waals surface area contributed by atoms with Crippen LogP contribution in [0, 0.1) is 0 Å². The molecular formula is C8H17O2. The molecule has 0 atom stereocenters. The third-order valence-electron chi connectivity index (χ3n) is 1.55. The first-order valence-corrected chi connectivity index (χ1v) is 4.10. The maximum Gasteiger partial charge on any atom is 0.0822 e. The van der Waals surface area contributed by atoms with Crippen LogP contribution in [0.1, 0.15) is 38.5 Å². The zero-order chi connectivity index (χ0) is 7.66. The van der Waals surface area contributed by atoms with E-state index in [0.29, 0.717) is 6.61 Å². The molecule has 1 N–H and O–H groups in total. The predicted octanol–water partition coefficient (Wildman–Crippen LogP) is 1.75. The average molecular weight is 145 g/mol. The van der Waals surface area contributed by atoms with Crippen LogP contribution in [-0.2, 0) is 5.11 Å². The molecule has 2 heteroatoms. The Balaban J connectivity index is 2.65. The molecule has 0 heterocycles. The Hall–Kier alpha value is -0.0800. The Kier molecular flexibility index (Phi) is 8.85. The highest BCUT2D eigenvalue weighted by Gasteiger charge is 1.88. The summed E-state index contributed by atoms with van der Waals surface area (Å²) in [5, 5.41) is 18.4. The molecule has 0 aromatic rings. The lowest BCUT2D eigenvalue weighted by Crippen LogP contribution is -1.85. The molecule has 0 aromatic carbocycles. The van der Waals surface area contributed by atoms with Crippen molar-refractivity contribution in [1.29, 1.82) is 0 Å². The van der Waals surface area contributed by atoms with Gasteiger partial charge in [0.05, 0.1) is 6.61 Å². The number of hydrogen-bond donors (Lipinski definition) is 1. The van der Waals surface area contributed by atoms with E-state index >= 15 is 0 Å². The van der Waals surface area contributed by atoms with Crippen LogP contribution in [-0.4, -0.2) is 18.3 Å². The largest absolute Gasteiger partial charge is 0.396 e. The van der Waals surface area contributed by atoms with Gasteiger partial charge in [-0.3, -0.25) is 0 Å². The molecule has 0 bridgehead atoms. The summed E-state index contributed by atoms with van der Waals surface area (Å²) < 4.78 is 0. The third-order valence-corrected chi connectivity index (χ3v) is 1.55. The highest BCUT2D eigenvalue weighted by Crippen LogP contribution is 2.03. The minimum absolute atomic E-state index is 0.0694. The van der Waals surface area contributed by atoms with Crippen molar-refractivity contribution in [3.63, 3.8) is 0 Å². The summed E-state index contributed by atoms with van der Waals surface area (Å²) in [4.78, 5) is 0. The number of aliphatic hydroxyl groups excluding tert-OH is 1. The van der Waals surface area contributed by atoms with Crippen molar-refractivity contribution in [1.82, 2.24) is 0 Å². The molecule has 0 aliphatic carbocycles. The number of hydrogen-bond acceptors (Lipinski definition) is 1. The fourth-order valence-corrected chi connectivity index (χ4v) is 0.921. The summed E-state index contributed by atoms with van der Waals surface area (Å²) in [6.07, 6.45) is 6.23. The molecule has 0 unspecified atom stereocenters. The van der Waals surface area contributed by atoms with E-state index in [-0.39, 0.29) is 6.61 Å². The van der Waals surface area contributed by atoms with E-state index in [9.17, 15) is 5.11 Å². The Labute approximate surface area is 62.9 Å². The van der Waals surface area contributed by atoms with E-state index in [1.807, 2.05) is 0 Å². The van der Waals surface area contributed by atoms with Gasteiger partial charge < -0.3 is 5.11 Å². The lowest BCUT2D eigenvalue weighted by molar-refractivity contribution is 0.185. The van der Waals surface area contributed by atoms with E-state index in [0.717, 1.165) is 32.1 Å². The van der Waals surface area contributed by atoms with E-state index in [1.54, 1.807) is 0 Å². The smallest absolute Gasteiger partial charge is 0.0822 e. The second-order valence-electron chi connectivity index (χ2n) is 2.55. The summed E-state index contributed by atoms with van der Waals surface area (Å²) in [6.45, 7) is 0.377. The first kappa shape index (κ1) is 9.92. The first-order valence-electron chi connectivity index (χ1n) is 4.10. The van der Waals surface area contributed by atoms with Crippen molar-refractivity contribution in [2.75, 3.05) is 13.2 Å². The minimum atomic E-state index is 0.0694. The SMILES string of the molecule is [O]CCCCCCCCO. The van der Waals surface area contributed by atoms with Gasteiger partial charge in [0.25, 0.3) is 0 Å². The number of unbranched alkanes of at least 4 members (excludes halogenated alkanes) is 5. The summed E-state index contributed by atoms with van der Waals surface area (Å²) in [5.41, 5.74) is 0. The Bertz CT molecular complexity index is 47.2. The first-order chi connectivity index (χ1) is 4.91. The molecule has 0 fully saturated rings. The maximum atomic E-state index is 9.98. The lowest BCUT2D eigenvalue weighted by atomic mass is 10.1. The van der Waals surface area contributed by atoms with Crippen LogP contribution in [0.15, 0.2) is 0 Å². The second kappa shape index (κ2) is 8.92. The predicted molar refractivity (Wildman–Crippen MR) is 40.3 cm³/mol. The molecular weight excluding hydrogens is 128 g/mol. The van der Waals surface area contributed by atoms with Gasteiger partial charge in [-0.2, -0.15) is 0 Å². The molecule has 1 radical (unpaired) electrons. The monoisotopic (exact) mass is 145 g/mol. The van der Waals surface area contributed by atoms with Crippen molar-refractivity contribution < 1.29 is 10.2 Å². The molecule has 0 aromatic heterocycles. The molecule has 0 spiro atoms. The fourth-order valence-electron chi connectivity index (χ4n) is 0.921. The van der Waals surface area contributed by atoms with Gasteiger partial charge in [0, 0.05) is 6.61 Å². The van der Waals surface area contributed by atoms with Gasteiger partial charge in [0.1, 0.15) is 0 Å². The van der Waals surface area contributed by atoms with Crippen LogP contribution in [0.4, 0.5) is 0 Å². The summed E-state index contributed by atoms with van der Waals surface area (Å²) in [7, 11) is 0. The summed E-state index contributed by atoms with van der Waals surface area (Å²) >= 11 is 0. The van der Waals surface area contributed by atoms with E-state index in [2.05, 4.69) is 0 Å². The Morgan fingerprint density at radius 3 is 1.80 bits per heavy atom. The van der Waals surface area contributed by atoms with E-state index in [4.69, 9.17) is 5.11 Å². The van der Waals surface area contributed by atoms with Crippen LogP contribution in [0.25, 0.3) is 0 Å². The third kappa shape index (κ3) is 7.92. The molecule has 0 saturated heterocycles. The van der Waals surface area contributed by atoms with Gasteiger partial charge in [-0.1, -0.05) is 25.7 Å². The van der Waals surface area contributed by atoms with Gasteiger partial charge in [-0.15, -0.1) is 0 Å². The fraction of sp³-hybridized carbons (Fsp3) is 1.00. The molecule has 0 rings (SSSR count). The van der Waals surface area contributed by atoms with E-state index in [1.165, 1.54) is 6.42 Å². The quantitative estimate of drug-likeness (QED) is 0.545. The highest BCUT2D eigenvalue weighted by molar-refractivity contribution is 4.43. The van der Waals surface area contributed by atoms with Crippen LogP contribution >= 0.6 is 0 Å². The standard InChI is InChI=1S/C8H17O2/c9-7-5-3-1-2-4-6-8-10/h9H,1-8H2. The lowest BCUT2D eigenvalue weighted by Gasteiger charge is -1.96. The van der Waals surface area contributed by atoms with Crippen LogP contribution in [0.3, 0.4) is 0 Å². The van der Waals surface area contributed by atoms with Gasteiger partial charge in [0.2, 0.25) is 0 Å². The summed E-state index contributed by atoms with van der Waals surface area (Å²) in [5.74, 6) is 0. The van der Waals surface area contributed by atoms with Crippen molar-refractivity contribution in [3.8, 4) is 0 Å². The molecule has 10 heavy (non-hydrogen) atoms. The molecule has 61 valence electrons. The molecule has 0 aliphatic rings. The van der Waals surface area contributed by atoms with Gasteiger partial charge >= 0.3 is 0 Å². The zero-order valence-electron chi connectivity index (χ0n) is 6.51. The van der Waals surface area contributed by atoms with Gasteiger partial charge in [0.15, 0.2) is 0 Å². The van der Waals surface area contributed by atoms with Crippen molar-refractivity contribution in [2.24, 2.45) is 0 Å². The Morgan fingerprint density at radius 1 is 0.800 bits per heavy atom. The highest BCUT2D eigenvalue weighted by atomic mass is 16.3. The molecule has 0 saturated carbocycles. The molecule has 0 amide bonds. The zero-order valence-corrected chi connectivity index (χ0v) is 6.51. The normalized spacial score (nSPS) is 10.2. The second-order valence-corrected chi connectivity index (χ2v) is 2.55. The number of aliphatic hydroxyl groups is 1.